The highest BCUT2D eigenvalue weighted by Crippen LogP contribution is 2.17. The third-order valence-electron chi connectivity index (χ3n) is 2.69. The minimum absolute atomic E-state index is 0.105. The number of non-ortho nitro benzene ring substituents is 1. The van der Waals surface area contributed by atoms with Crippen molar-refractivity contribution in [1.29, 1.82) is 0 Å². The van der Waals surface area contributed by atoms with Gasteiger partial charge in [-0.1, -0.05) is 13.0 Å². The number of carbonyl (C=O) groups is 2. The molecule has 0 saturated heterocycles. The minimum Gasteiger partial charge on any atom is -0.480 e. The fourth-order valence-corrected chi connectivity index (χ4v) is 1.54. The number of nitrogens with zero attached hydrogens (tertiary/aromatic N) is 1. The molecule has 0 saturated carbocycles. The maximum Gasteiger partial charge on any atom is 0.326 e. The van der Waals surface area contributed by atoms with E-state index in [1.54, 1.807) is 13.8 Å². The van der Waals surface area contributed by atoms with Gasteiger partial charge in [0, 0.05) is 17.7 Å². The fraction of sp³-hybridized carbons (Fsp3) is 0.333. The van der Waals surface area contributed by atoms with Crippen molar-refractivity contribution in [1.82, 2.24) is 5.32 Å². The van der Waals surface area contributed by atoms with Crippen LogP contribution in [0.15, 0.2) is 18.2 Å². The number of carboxylic acid groups (broad SMARTS) is 1. The quantitative estimate of drug-likeness (QED) is 0.619. The molecule has 7 nitrogen and oxygen atoms in total. The summed E-state index contributed by atoms with van der Waals surface area (Å²) in [6, 6.07) is 2.88. The SMILES string of the molecule is CC[C@@H](NC(=O)c1cc([N+](=O)[O-])ccc1C)C(=O)O. The summed E-state index contributed by atoms with van der Waals surface area (Å²) in [5.41, 5.74) is 0.441. The monoisotopic (exact) mass is 266 g/mol. The highest BCUT2D eigenvalue weighted by atomic mass is 16.6. The van der Waals surface area contributed by atoms with Gasteiger partial charge in [-0.2, -0.15) is 0 Å². The van der Waals surface area contributed by atoms with Crippen LogP contribution in [-0.4, -0.2) is 27.9 Å². The van der Waals surface area contributed by atoms with Crippen molar-refractivity contribution in [2.45, 2.75) is 26.3 Å². The largest absolute Gasteiger partial charge is 0.480 e. The van der Waals surface area contributed by atoms with Crippen LogP contribution < -0.4 is 5.32 Å². The third-order valence-corrected chi connectivity index (χ3v) is 2.69. The van der Waals surface area contributed by atoms with Crippen LogP contribution in [0.4, 0.5) is 5.69 Å². The molecular weight excluding hydrogens is 252 g/mol. The van der Waals surface area contributed by atoms with Gasteiger partial charge in [0.05, 0.1) is 4.92 Å². The molecule has 7 heteroatoms. The number of hydrogen-bond acceptors (Lipinski definition) is 4. The normalized spacial score (nSPS) is 11.7. The predicted octanol–water partition coefficient (Wildman–Crippen LogP) is 1.50. The van der Waals surface area contributed by atoms with E-state index in [4.69, 9.17) is 5.11 Å². The zero-order valence-corrected chi connectivity index (χ0v) is 10.5. The van der Waals surface area contributed by atoms with E-state index in [-0.39, 0.29) is 17.7 Å². The Balaban J connectivity index is 3.02. The first-order valence-corrected chi connectivity index (χ1v) is 5.65. The van der Waals surface area contributed by atoms with Gasteiger partial charge >= 0.3 is 5.97 Å². The van der Waals surface area contributed by atoms with Crippen LogP contribution in [-0.2, 0) is 4.79 Å². The van der Waals surface area contributed by atoms with Crippen molar-refractivity contribution < 1.29 is 19.6 Å². The number of carboxylic acids is 1. The average molecular weight is 266 g/mol. The summed E-state index contributed by atoms with van der Waals surface area (Å²) in [5.74, 6) is -1.77. The maximum absolute atomic E-state index is 11.9. The van der Waals surface area contributed by atoms with Crippen LogP contribution in [0.25, 0.3) is 0 Å². The fourth-order valence-electron chi connectivity index (χ4n) is 1.54. The lowest BCUT2D eigenvalue weighted by molar-refractivity contribution is -0.384. The number of amides is 1. The van der Waals surface area contributed by atoms with Gasteiger partial charge in [-0.25, -0.2) is 4.79 Å². The van der Waals surface area contributed by atoms with Crippen LogP contribution in [0, 0.1) is 17.0 Å². The van der Waals surface area contributed by atoms with E-state index in [9.17, 15) is 19.7 Å². The number of nitrogens with one attached hydrogen (secondary N) is 1. The van der Waals surface area contributed by atoms with Gasteiger partial charge in [0.1, 0.15) is 6.04 Å². The van der Waals surface area contributed by atoms with Crippen LogP contribution in [0.3, 0.4) is 0 Å². The first-order valence-electron chi connectivity index (χ1n) is 5.65. The summed E-state index contributed by atoms with van der Waals surface area (Å²) in [6.07, 6.45) is 0.231. The number of aliphatic carboxylic acids is 1. The zero-order valence-electron chi connectivity index (χ0n) is 10.5. The molecule has 0 fully saturated rings. The molecular formula is C12H14N2O5. The number of nitro benzene ring substituents is 1. The molecule has 1 aromatic rings. The molecule has 0 aromatic heterocycles. The van der Waals surface area contributed by atoms with E-state index in [1.165, 1.54) is 12.1 Å². The first kappa shape index (κ1) is 14.6. The molecule has 1 rings (SSSR count). The molecule has 0 aliphatic heterocycles. The Morgan fingerprint density at radius 3 is 2.58 bits per heavy atom. The molecule has 2 N–H and O–H groups in total. The van der Waals surface area contributed by atoms with Crippen molar-refractivity contribution in [3.8, 4) is 0 Å². The second-order valence-corrected chi connectivity index (χ2v) is 4.03. The number of benzene rings is 1. The Labute approximate surface area is 109 Å². The van der Waals surface area contributed by atoms with Gasteiger partial charge in [0.15, 0.2) is 0 Å². The summed E-state index contributed by atoms with van der Waals surface area (Å²) in [4.78, 5) is 32.8. The summed E-state index contributed by atoms with van der Waals surface area (Å²) in [7, 11) is 0. The third kappa shape index (κ3) is 3.51. The van der Waals surface area contributed by atoms with Crippen LogP contribution in [0.2, 0.25) is 0 Å². The van der Waals surface area contributed by atoms with Gasteiger partial charge in [-0.05, 0) is 18.9 Å². The maximum atomic E-state index is 11.9. The molecule has 0 aliphatic rings. The molecule has 1 atom stereocenters. The Kier molecular flexibility index (Phi) is 4.57. The van der Waals surface area contributed by atoms with E-state index in [1.807, 2.05) is 0 Å². The second kappa shape index (κ2) is 5.94. The highest BCUT2D eigenvalue weighted by Gasteiger charge is 2.21. The van der Waals surface area contributed by atoms with Crippen molar-refractivity contribution in [2.24, 2.45) is 0 Å². The van der Waals surface area contributed by atoms with E-state index in [0.717, 1.165) is 6.07 Å². The van der Waals surface area contributed by atoms with Crippen molar-refractivity contribution in [3.63, 3.8) is 0 Å². The van der Waals surface area contributed by atoms with E-state index in [2.05, 4.69) is 5.32 Å². The minimum atomic E-state index is -1.14. The molecule has 0 bridgehead atoms. The Morgan fingerprint density at radius 1 is 1.47 bits per heavy atom. The molecule has 1 amide bonds. The lowest BCUT2D eigenvalue weighted by atomic mass is 10.1. The van der Waals surface area contributed by atoms with Crippen molar-refractivity contribution in [3.05, 3.63) is 39.4 Å². The molecule has 19 heavy (non-hydrogen) atoms. The van der Waals surface area contributed by atoms with Gasteiger partial charge in [-0.3, -0.25) is 14.9 Å². The number of rotatable bonds is 5. The van der Waals surface area contributed by atoms with Gasteiger partial charge < -0.3 is 10.4 Å². The lowest BCUT2D eigenvalue weighted by Crippen LogP contribution is -2.40. The predicted molar refractivity (Wildman–Crippen MR) is 67.0 cm³/mol. The topological polar surface area (TPSA) is 110 Å². The summed E-state index contributed by atoms with van der Waals surface area (Å²) in [5, 5.41) is 21.8. The molecule has 0 aliphatic carbocycles. The first-order chi connectivity index (χ1) is 8.86. The molecule has 0 spiro atoms. The van der Waals surface area contributed by atoms with Gasteiger partial charge in [0.2, 0.25) is 0 Å². The standard InChI is InChI=1S/C12H14N2O5/c1-3-10(12(16)17)13-11(15)9-6-8(14(18)19)5-4-7(9)2/h4-6,10H,3H2,1-2H3,(H,13,15)(H,16,17)/t10-/m1/s1. The lowest BCUT2D eigenvalue weighted by Gasteiger charge is -2.13. The number of nitro groups is 1. The smallest absolute Gasteiger partial charge is 0.326 e. The zero-order chi connectivity index (χ0) is 14.6. The van der Waals surface area contributed by atoms with E-state index < -0.39 is 22.8 Å². The number of aryl methyl sites for hydroxylation is 1. The second-order valence-electron chi connectivity index (χ2n) is 4.03. The summed E-state index contributed by atoms with van der Waals surface area (Å²) < 4.78 is 0. The molecule has 0 radical (unpaired) electrons. The van der Waals surface area contributed by atoms with Crippen LogP contribution in [0.1, 0.15) is 29.3 Å². The van der Waals surface area contributed by atoms with Crippen LogP contribution in [0.5, 0.6) is 0 Å². The molecule has 0 unspecified atom stereocenters. The summed E-state index contributed by atoms with van der Waals surface area (Å²) >= 11 is 0. The molecule has 0 heterocycles. The number of carbonyl (C=O) groups excluding carboxylic acids is 1. The van der Waals surface area contributed by atoms with Crippen molar-refractivity contribution in [2.75, 3.05) is 0 Å². The van der Waals surface area contributed by atoms with Crippen molar-refractivity contribution >= 4 is 17.6 Å². The Bertz CT molecular complexity index is 527. The van der Waals surface area contributed by atoms with Gasteiger partial charge in [-0.15, -0.1) is 0 Å². The Hall–Kier alpha value is -2.44. The Morgan fingerprint density at radius 2 is 2.11 bits per heavy atom. The molecule has 102 valence electrons. The average Bonchev–Trinajstić information content (AvgIpc) is 2.35. The summed E-state index contributed by atoms with van der Waals surface area (Å²) in [6.45, 7) is 3.25. The number of hydrogen-bond donors (Lipinski definition) is 2. The van der Waals surface area contributed by atoms with E-state index >= 15 is 0 Å². The highest BCUT2D eigenvalue weighted by molar-refractivity contribution is 5.98. The van der Waals surface area contributed by atoms with E-state index in [0.29, 0.717) is 5.56 Å². The molecule has 1 aromatic carbocycles. The van der Waals surface area contributed by atoms with Crippen LogP contribution >= 0.6 is 0 Å². The van der Waals surface area contributed by atoms with Gasteiger partial charge in [0.25, 0.3) is 11.6 Å².